The third kappa shape index (κ3) is 4.45. The normalized spacial score (nSPS) is 14.4. The molecule has 1 amide bonds. The van der Waals surface area contributed by atoms with E-state index in [9.17, 15) is 9.18 Å². The lowest BCUT2D eigenvalue weighted by molar-refractivity contribution is 0.0746. The van der Waals surface area contributed by atoms with Crippen LogP contribution in [0.5, 0.6) is 0 Å². The number of carbonyl (C=O) groups excluding carboxylic acids is 1. The molecule has 0 spiro atoms. The predicted octanol–water partition coefficient (Wildman–Crippen LogP) is 1.64. The summed E-state index contributed by atoms with van der Waals surface area (Å²) in [7, 11) is 1.63. The number of hydrogen-bond donors (Lipinski definition) is 1. The first-order valence-electron chi connectivity index (χ1n) is 8.52. The largest absolute Gasteiger partial charge is 0.383 e. The van der Waals surface area contributed by atoms with E-state index < -0.39 is 0 Å². The van der Waals surface area contributed by atoms with Gasteiger partial charge in [-0.05, 0) is 24.3 Å². The molecule has 0 saturated carbocycles. The van der Waals surface area contributed by atoms with Crippen molar-refractivity contribution in [1.29, 1.82) is 0 Å². The summed E-state index contributed by atoms with van der Waals surface area (Å²) >= 11 is 0. The van der Waals surface area contributed by atoms with E-state index in [1.54, 1.807) is 24.1 Å². The van der Waals surface area contributed by atoms with Crippen molar-refractivity contribution in [3.05, 3.63) is 48.0 Å². The van der Waals surface area contributed by atoms with Gasteiger partial charge >= 0.3 is 0 Å². The van der Waals surface area contributed by atoms with Crippen LogP contribution >= 0.6 is 0 Å². The summed E-state index contributed by atoms with van der Waals surface area (Å²) < 4.78 is 18.0. The Bertz CT molecular complexity index is 715. The number of ether oxygens (including phenoxy) is 1. The number of methoxy groups -OCH3 is 1. The molecule has 0 radical (unpaired) electrons. The van der Waals surface area contributed by atoms with Gasteiger partial charge in [-0.15, -0.1) is 0 Å². The number of hydrogen-bond acceptors (Lipinski definition) is 6. The van der Waals surface area contributed by atoms with Gasteiger partial charge < -0.3 is 19.9 Å². The molecule has 0 aliphatic carbocycles. The van der Waals surface area contributed by atoms with Crippen molar-refractivity contribution >= 4 is 17.5 Å². The highest BCUT2D eigenvalue weighted by Crippen LogP contribution is 2.17. The molecule has 0 unspecified atom stereocenters. The Balaban J connectivity index is 1.53. The molecule has 7 nitrogen and oxygen atoms in total. The second-order valence-corrected chi connectivity index (χ2v) is 5.97. The maximum atomic E-state index is 13.0. The molecule has 1 N–H and O–H groups in total. The summed E-state index contributed by atoms with van der Waals surface area (Å²) in [5.74, 6) is 0.148. The van der Waals surface area contributed by atoms with E-state index in [0.29, 0.717) is 50.8 Å². The highest BCUT2D eigenvalue weighted by molar-refractivity contribution is 5.93. The highest BCUT2D eigenvalue weighted by atomic mass is 19.1. The van der Waals surface area contributed by atoms with Crippen LogP contribution in [0.25, 0.3) is 0 Å². The minimum Gasteiger partial charge on any atom is -0.383 e. The van der Waals surface area contributed by atoms with Gasteiger partial charge in [0.05, 0.1) is 12.2 Å². The summed E-state index contributed by atoms with van der Waals surface area (Å²) in [5, 5.41) is 3.01. The van der Waals surface area contributed by atoms with Crippen LogP contribution < -0.4 is 10.2 Å². The maximum Gasteiger partial charge on any atom is 0.257 e. The maximum absolute atomic E-state index is 13.0. The molecule has 1 aromatic heterocycles. The molecule has 1 fully saturated rings. The van der Waals surface area contributed by atoms with Gasteiger partial charge in [-0.3, -0.25) is 4.79 Å². The van der Waals surface area contributed by atoms with Crippen LogP contribution in [0.3, 0.4) is 0 Å². The summed E-state index contributed by atoms with van der Waals surface area (Å²) in [6.07, 6.45) is 3.08. The fourth-order valence-electron chi connectivity index (χ4n) is 2.80. The van der Waals surface area contributed by atoms with Crippen LogP contribution in [-0.2, 0) is 4.74 Å². The fraction of sp³-hybridized carbons (Fsp3) is 0.389. The van der Waals surface area contributed by atoms with Gasteiger partial charge in [0.25, 0.3) is 5.91 Å². The number of piperazine rings is 1. The van der Waals surface area contributed by atoms with Crippen molar-refractivity contribution in [2.45, 2.75) is 0 Å². The fourth-order valence-corrected chi connectivity index (χ4v) is 2.80. The van der Waals surface area contributed by atoms with E-state index in [2.05, 4.69) is 20.2 Å². The van der Waals surface area contributed by atoms with Crippen LogP contribution in [-0.4, -0.2) is 67.2 Å². The monoisotopic (exact) mass is 359 g/mol. The molecule has 0 atom stereocenters. The Morgan fingerprint density at radius 1 is 1.15 bits per heavy atom. The molecule has 1 aromatic carbocycles. The standard InChI is InChI=1S/C18H22FN5O2/c1-26-11-6-20-18-21-12-14(13-22-18)17(25)24-9-7-23(8-10-24)16-4-2-15(19)3-5-16/h2-5,12-13H,6-11H2,1H3,(H,20,21,22). The van der Waals surface area contributed by atoms with Crippen LogP contribution in [0.1, 0.15) is 10.4 Å². The Morgan fingerprint density at radius 3 is 2.42 bits per heavy atom. The molecule has 8 heteroatoms. The minimum absolute atomic E-state index is 0.0767. The topological polar surface area (TPSA) is 70.6 Å². The SMILES string of the molecule is COCCNc1ncc(C(=O)N2CCN(c3ccc(F)cc3)CC2)cn1. The third-order valence-corrected chi connectivity index (χ3v) is 4.25. The van der Waals surface area contributed by atoms with Crippen LogP contribution in [0.2, 0.25) is 0 Å². The van der Waals surface area contributed by atoms with Gasteiger partial charge in [0.2, 0.25) is 5.95 Å². The second-order valence-electron chi connectivity index (χ2n) is 5.97. The molecular formula is C18H22FN5O2. The first-order chi connectivity index (χ1) is 12.7. The Labute approximate surface area is 151 Å². The zero-order valence-corrected chi connectivity index (χ0v) is 14.7. The molecule has 1 aliphatic heterocycles. The predicted molar refractivity (Wildman–Crippen MR) is 96.9 cm³/mol. The zero-order chi connectivity index (χ0) is 18.4. The number of benzene rings is 1. The molecule has 2 heterocycles. The summed E-state index contributed by atoms with van der Waals surface area (Å²) in [4.78, 5) is 24.9. The number of aromatic nitrogens is 2. The molecule has 0 bridgehead atoms. The van der Waals surface area contributed by atoms with Gasteiger partial charge in [-0.25, -0.2) is 14.4 Å². The van der Waals surface area contributed by atoms with Crippen LogP contribution in [0.4, 0.5) is 16.0 Å². The molecule has 1 saturated heterocycles. The first-order valence-corrected chi connectivity index (χ1v) is 8.52. The quantitative estimate of drug-likeness (QED) is 0.791. The Hall–Kier alpha value is -2.74. The lowest BCUT2D eigenvalue weighted by Gasteiger charge is -2.36. The van der Waals surface area contributed by atoms with Crippen molar-refractivity contribution in [3.63, 3.8) is 0 Å². The first kappa shape index (κ1) is 18.1. The number of nitrogens with zero attached hydrogens (tertiary/aromatic N) is 4. The summed E-state index contributed by atoms with van der Waals surface area (Å²) in [6, 6.07) is 6.42. The number of nitrogens with one attached hydrogen (secondary N) is 1. The smallest absolute Gasteiger partial charge is 0.257 e. The van der Waals surface area contributed by atoms with Crippen molar-refractivity contribution < 1.29 is 13.9 Å². The van der Waals surface area contributed by atoms with Crippen LogP contribution in [0, 0.1) is 5.82 Å². The van der Waals surface area contributed by atoms with Gasteiger partial charge in [-0.2, -0.15) is 0 Å². The van der Waals surface area contributed by atoms with E-state index in [0.717, 1.165) is 5.69 Å². The molecule has 3 rings (SSSR count). The molecule has 138 valence electrons. The summed E-state index contributed by atoms with van der Waals surface area (Å²) in [6.45, 7) is 3.77. The number of anilines is 2. The number of rotatable bonds is 6. The van der Waals surface area contributed by atoms with Crippen molar-refractivity contribution in [2.75, 3.05) is 56.7 Å². The number of halogens is 1. The van der Waals surface area contributed by atoms with E-state index in [1.165, 1.54) is 24.5 Å². The molecular weight excluding hydrogens is 337 g/mol. The zero-order valence-electron chi connectivity index (χ0n) is 14.7. The minimum atomic E-state index is -0.247. The van der Waals surface area contributed by atoms with E-state index in [4.69, 9.17) is 4.74 Å². The second kappa shape index (κ2) is 8.57. The average molecular weight is 359 g/mol. The van der Waals surface area contributed by atoms with E-state index in [1.807, 2.05) is 0 Å². The van der Waals surface area contributed by atoms with E-state index >= 15 is 0 Å². The lowest BCUT2D eigenvalue weighted by Crippen LogP contribution is -2.48. The van der Waals surface area contributed by atoms with Gasteiger partial charge in [0.15, 0.2) is 0 Å². The summed E-state index contributed by atoms with van der Waals surface area (Å²) in [5.41, 5.74) is 1.44. The van der Waals surface area contributed by atoms with Crippen molar-refractivity contribution in [1.82, 2.24) is 14.9 Å². The Kier molecular flexibility index (Phi) is 5.96. The van der Waals surface area contributed by atoms with Crippen molar-refractivity contribution in [3.8, 4) is 0 Å². The number of amides is 1. The third-order valence-electron chi connectivity index (χ3n) is 4.25. The number of carbonyl (C=O) groups is 1. The Morgan fingerprint density at radius 2 is 1.81 bits per heavy atom. The van der Waals surface area contributed by atoms with E-state index in [-0.39, 0.29) is 11.7 Å². The van der Waals surface area contributed by atoms with Gasteiger partial charge in [0, 0.05) is 57.9 Å². The van der Waals surface area contributed by atoms with Crippen molar-refractivity contribution in [2.24, 2.45) is 0 Å². The lowest BCUT2D eigenvalue weighted by atomic mass is 10.2. The molecule has 26 heavy (non-hydrogen) atoms. The van der Waals surface area contributed by atoms with Crippen LogP contribution in [0.15, 0.2) is 36.7 Å². The van der Waals surface area contributed by atoms with Gasteiger partial charge in [0.1, 0.15) is 5.82 Å². The van der Waals surface area contributed by atoms with Gasteiger partial charge in [-0.1, -0.05) is 0 Å². The average Bonchev–Trinajstić information content (AvgIpc) is 2.69. The highest BCUT2D eigenvalue weighted by Gasteiger charge is 2.22. The molecule has 2 aromatic rings. The molecule has 1 aliphatic rings.